The highest BCUT2D eigenvalue weighted by molar-refractivity contribution is 5.31. The van der Waals surface area contributed by atoms with E-state index in [2.05, 4.69) is 59.2 Å². The zero-order chi connectivity index (χ0) is 15.0. The molecule has 22 heavy (non-hydrogen) atoms. The summed E-state index contributed by atoms with van der Waals surface area (Å²) in [7, 11) is 0. The Morgan fingerprint density at radius 2 is 1.50 bits per heavy atom. The van der Waals surface area contributed by atoms with Crippen molar-refractivity contribution in [2.75, 3.05) is 6.61 Å². The summed E-state index contributed by atoms with van der Waals surface area (Å²) in [4.78, 5) is 0. The normalized spacial score (nSPS) is 13.6. The van der Waals surface area contributed by atoms with Gasteiger partial charge in [-0.15, -0.1) is 0 Å². The highest BCUT2D eigenvalue weighted by Gasteiger charge is 2.06. The van der Waals surface area contributed by atoms with Gasteiger partial charge in [-0.1, -0.05) is 42.5 Å². The number of hydrogen-bond acceptors (Lipinski definition) is 3. The third-order valence-electron chi connectivity index (χ3n) is 3.76. The van der Waals surface area contributed by atoms with Crippen LogP contribution in [-0.4, -0.2) is 12.8 Å². The van der Waals surface area contributed by atoms with E-state index in [1.54, 1.807) is 0 Å². The monoisotopic (exact) mass is 294 g/mol. The van der Waals surface area contributed by atoms with Crippen LogP contribution in [-0.2, 0) is 6.42 Å². The highest BCUT2D eigenvalue weighted by atomic mass is 16.5. The van der Waals surface area contributed by atoms with Gasteiger partial charge in [0.05, 0.1) is 12.8 Å². The van der Waals surface area contributed by atoms with Gasteiger partial charge in [-0.25, -0.2) is 0 Å². The Labute approximate surface area is 132 Å². The summed E-state index contributed by atoms with van der Waals surface area (Å²) >= 11 is 0. The van der Waals surface area contributed by atoms with E-state index in [0.717, 1.165) is 31.6 Å². The van der Waals surface area contributed by atoms with Crippen molar-refractivity contribution in [3.63, 3.8) is 0 Å². The summed E-state index contributed by atoms with van der Waals surface area (Å²) in [6, 6.07) is 18.9. The molecule has 3 heteroatoms. The van der Waals surface area contributed by atoms with Gasteiger partial charge in [-0.2, -0.15) is 0 Å². The number of nitrogens with one attached hydrogen (secondary N) is 2. The zero-order valence-electron chi connectivity index (χ0n) is 12.7. The second-order valence-corrected chi connectivity index (χ2v) is 5.52. The molecular formula is C19H22N2O. The van der Waals surface area contributed by atoms with Crippen molar-refractivity contribution in [3.05, 3.63) is 78.1 Å². The van der Waals surface area contributed by atoms with Crippen LogP contribution in [0.3, 0.4) is 0 Å². The zero-order valence-corrected chi connectivity index (χ0v) is 12.7. The van der Waals surface area contributed by atoms with Crippen molar-refractivity contribution in [3.8, 4) is 5.75 Å². The molecule has 2 aromatic carbocycles. The van der Waals surface area contributed by atoms with E-state index in [0.29, 0.717) is 6.17 Å². The minimum Gasteiger partial charge on any atom is -0.494 e. The van der Waals surface area contributed by atoms with Crippen molar-refractivity contribution in [1.29, 1.82) is 0 Å². The lowest BCUT2D eigenvalue weighted by atomic mass is 10.1. The Balaban J connectivity index is 1.41. The number of rotatable bonds is 7. The van der Waals surface area contributed by atoms with Gasteiger partial charge in [0, 0.05) is 12.4 Å². The first-order valence-corrected chi connectivity index (χ1v) is 7.83. The van der Waals surface area contributed by atoms with Crippen LogP contribution in [0.5, 0.6) is 5.75 Å². The number of benzene rings is 2. The minimum absolute atomic E-state index is 0.358. The molecule has 0 atom stereocenters. The van der Waals surface area contributed by atoms with E-state index in [9.17, 15) is 0 Å². The summed E-state index contributed by atoms with van der Waals surface area (Å²) in [6.45, 7) is 0.748. The first-order valence-electron chi connectivity index (χ1n) is 7.83. The van der Waals surface area contributed by atoms with Crippen LogP contribution in [0.1, 0.15) is 24.0 Å². The van der Waals surface area contributed by atoms with Crippen LogP contribution in [0.25, 0.3) is 0 Å². The van der Waals surface area contributed by atoms with Gasteiger partial charge in [0.2, 0.25) is 0 Å². The standard InChI is InChI=1S/C19H22N2O/c1-2-5-16(6-3-1)15-17-8-10-18(11-9-17)22-14-4-7-19-20-12-13-21-19/h1-3,5-6,8-13,19-21H,4,7,14-15H2. The van der Waals surface area contributed by atoms with Crippen LogP contribution in [0.2, 0.25) is 0 Å². The van der Waals surface area contributed by atoms with Crippen LogP contribution < -0.4 is 15.4 Å². The molecule has 0 bridgehead atoms. The van der Waals surface area contributed by atoms with E-state index in [-0.39, 0.29) is 0 Å². The maximum atomic E-state index is 5.80. The molecule has 1 aliphatic rings. The van der Waals surface area contributed by atoms with Gasteiger partial charge in [0.25, 0.3) is 0 Å². The molecule has 0 unspecified atom stereocenters. The molecule has 3 nitrogen and oxygen atoms in total. The van der Waals surface area contributed by atoms with Gasteiger partial charge in [0.15, 0.2) is 0 Å². The molecule has 1 heterocycles. The smallest absolute Gasteiger partial charge is 0.119 e. The Kier molecular flexibility index (Phi) is 4.98. The third kappa shape index (κ3) is 4.29. The second kappa shape index (κ2) is 7.55. The molecule has 2 N–H and O–H groups in total. The quantitative estimate of drug-likeness (QED) is 0.768. The van der Waals surface area contributed by atoms with Crippen LogP contribution in [0.4, 0.5) is 0 Å². The first kappa shape index (κ1) is 14.5. The van der Waals surface area contributed by atoms with Gasteiger partial charge < -0.3 is 15.4 Å². The first-order chi connectivity index (χ1) is 10.9. The fourth-order valence-corrected chi connectivity index (χ4v) is 2.56. The van der Waals surface area contributed by atoms with Crippen LogP contribution in [0.15, 0.2) is 67.0 Å². The number of ether oxygens (including phenoxy) is 1. The SMILES string of the molecule is C1=CNC(CCCOc2ccc(Cc3ccccc3)cc2)N1. The Bertz CT molecular complexity index is 585. The summed E-state index contributed by atoms with van der Waals surface area (Å²) in [5.41, 5.74) is 2.64. The Morgan fingerprint density at radius 3 is 2.23 bits per heavy atom. The second-order valence-electron chi connectivity index (χ2n) is 5.52. The largest absolute Gasteiger partial charge is 0.494 e. The van der Waals surface area contributed by atoms with Crippen molar-refractivity contribution < 1.29 is 4.74 Å². The van der Waals surface area contributed by atoms with E-state index >= 15 is 0 Å². The topological polar surface area (TPSA) is 33.3 Å². The molecule has 0 amide bonds. The van der Waals surface area contributed by atoms with Crippen LogP contribution >= 0.6 is 0 Å². The lowest BCUT2D eigenvalue weighted by molar-refractivity contribution is 0.297. The third-order valence-corrected chi connectivity index (χ3v) is 3.76. The van der Waals surface area contributed by atoms with E-state index < -0.39 is 0 Å². The molecule has 0 aliphatic carbocycles. The highest BCUT2D eigenvalue weighted by Crippen LogP contribution is 2.15. The summed E-state index contributed by atoms with van der Waals surface area (Å²) < 4.78 is 5.80. The maximum absolute atomic E-state index is 5.80. The van der Waals surface area contributed by atoms with E-state index in [4.69, 9.17) is 4.74 Å². The van der Waals surface area contributed by atoms with Gasteiger partial charge in [0.1, 0.15) is 5.75 Å². The predicted molar refractivity (Wildman–Crippen MR) is 89.6 cm³/mol. The van der Waals surface area contributed by atoms with Crippen molar-refractivity contribution >= 4 is 0 Å². The van der Waals surface area contributed by atoms with Crippen molar-refractivity contribution in [2.24, 2.45) is 0 Å². The molecule has 0 saturated carbocycles. The van der Waals surface area contributed by atoms with Crippen molar-refractivity contribution in [2.45, 2.75) is 25.4 Å². The van der Waals surface area contributed by atoms with Crippen LogP contribution in [0, 0.1) is 0 Å². The molecule has 0 saturated heterocycles. The van der Waals surface area contributed by atoms with E-state index in [1.807, 2.05) is 18.5 Å². The fraction of sp³-hybridized carbons (Fsp3) is 0.263. The van der Waals surface area contributed by atoms with E-state index in [1.165, 1.54) is 11.1 Å². The molecule has 3 rings (SSSR count). The molecule has 114 valence electrons. The minimum atomic E-state index is 0.358. The average molecular weight is 294 g/mol. The maximum Gasteiger partial charge on any atom is 0.119 e. The molecule has 0 spiro atoms. The average Bonchev–Trinajstić information content (AvgIpc) is 3.07. The predicted octanol–water partition coefficient (Wildman–Crippen LogP) is 3.43. The number of hydrogen-bond donors (Lipinski definition) is 2. The molecule has 0 aromatic heterocycles. The van der Waals surface area contributed by atoms with Gasteiger partial charge >= 0.3 is 0 Å². The Morgan fingerprint density at radius 1 is 0.818 bits per heavy atom. The lowest BCUT2D eigenvalue weighted by Crippen LogP contribution is -2.30. The molecule has 1 aliphatic heterocycles. The summed E-state index contributed by atoms with van der Waals surface area (Å²) in [6.07, 6.45) is 7.29. The van der Waals surface area contributed by atoms with Gasteiger partial charge in [-0.3, -0.25) is 0 Å². The Hall–Kier alpha value is -2.42. The molecule has 0 fully saturated rings. The summed E-state index contributed by atoms with van der Waals surface area (Å²) in [5, 5.41) is 6.48. The molecular weight excluding hydrogens is 272 g/mol. The van der Waals surface area contributed by atoms with Gasteiger partial charge in [-0.05, 0) is 42.5 Å². The summed E-state index contributed by atoms with van der Waals surface area (Å²) in [5.74, 6) is 0.947. The molecule has 2 aromatic rings. The fourth-order valence-electron chi connectivity index (χ4n) is 2.56. The van der Waals surface area contributed by atoms with Crippen molar-refractivity contribution in [1.82, 2.24) is 10.6 Å². The lowest BCUT2D eigenvalue weighted by Gasteiger charge is -2.12. The molecule has 0 radical (unpaired) electrons.